The maximum Gasteiger partial charge on any atom is 0.308 e. The van der Waals surface area contributed by atoms with Crippen LogP contribution in [0, 0.1) is 19.8 Å². The third-order valence-electron chi connectivity index (χ3n) is 4.98. The number of hydrogen-bond acceptors (Lipinski definition) is 4. The first-order valence-corrected chi connectivity index (χ1v) is 9.45. The Labute approximate surface area is 169 Å². The van der Waals surface area contributed by atoms with Crippen LogP contribution in [0.1, 0.15) is 17.0 Å². The van der Waals surface area contributed by atoms with Gasteiger partial charge in [-0.25, -0.2) is 0 Å². The lowest BCUT2D eigenvalue weighted by Crippen LogP contribution is -2.36. The Morgan fingerprint density at radius 3 is 2.55 bits per heavy atom. The van der Waals surface area contributed by atoms with Gasteiger partial charge in [0.2, 0.25) is 0 Å². The Morgan fingerprint density at radius 1 is 1.17 bits per heavy atom. The van der Waals surface area contributed by atoms with Gasteiger partial charge in [0.1, 0.15) is 5.69 Å². The predicted octanol–water partition coefficient (Wildman–Crippen LogP) is 2.63. The first-order chi connectivity index (χ1) is 13.8. The van der Waals surface area contributed by atoms with Crippen LogP contribution in [-0.4, -0.2) is 39.9 Å². The Hall–Kier alpha value is -3.35. The molecule has 0 radical (unpaired) electrons. The van der Waals surface area contributed by atoms with E-state index < -0.39 is 11.9 Å². The number of carbonyl (C=O) groups excluding carboxylic acids is 1. The number of ether oxygens (including phenoxy) is 1. The Kier molecular flexibility index (Phi) is 6.16. The van der Waals surface area contributed by atoms with Crippen molar-refractivity contribution in [1.29, 1.82) is 0 Å². The van der Waals surface area contributed by atoms with E-state index in [9.17, 15) is 14.7 Å². The molecule has 0 bridgehead atoms. The second-order valence-corrected chi connectivity index (χ2v) is 7.14. The molecule has 2 N–H and O–H groups in total. The van der Waals surface area contributed by atoms with Crippen molar-refractivity contribution in [2.45, 2.75) is 20.3 Å². The van der Waals surface area contributed by atoms with Crippen LogP contribution in [0.3, 0.4) is 0 Å². The quantitative estimate of drug-likeness (QED) is 0.612. The van der Waals surface area contributed by atoms with Gasteiger partial charge >= 0.3 is 5.97 Å². The zero-order valence-corrected chi connectivity index (χ0v) is 16.8. The summed E-state index contributed by atoms with van der Waals surface area (Å²) in [6.45, 7) is 3.52. The number of aromatic nitrogens is 2. The SMILES string of the molecule is Cc1nn(C)c(C)c1OCC(=O)NCC(Cc1ccc2ccccc2c1)C(=O)O. The number of hydrogen-bond donors (Lipinski definition) is 2. The number of fused-ring (bicyclic) bond motifs is 1. The zero-order chi connectivity index (χ0) is 21.0. The summed E-state index contributed by atoms with van der Waals surface area (Å²) in [5.41, 5.74) is 2.45. The van der Waals surface area contributed by atoms with Crippen molar-refractivity contribution in [3.63, 3.8) is 0 Å². The molecule has 7 heteroatoms. The number of carbonyl (C=O) groups is 2. The summed E-state index contributed by atoms with van der Waals surface area (Å²) in [6, 6.07) is 13.8. The molecule has 1 amide bonds. The highest BCUT2D eigenvalue weighted by molar-refractivity contribution is 5.83. The van der Waals surface area contributed by atoms with E-state index in [0.29, 0.717) is 17.9 Å². The van der Waals surface area contributed by atoms with Crippen molar-refractivity contribution >= 4 is 22.6 Å². The molecule has 152 valence electrons. The molecule has 3 rings (SSSR count). The largest absolute Gasteiger partial charge is 0.481 e. The fourth-order valence-corrected chi connectivity index (χ4v) is 3.29. The van der Waals surface area contributed by atoms with E-state index in [1.807, 2.05) is 56.3 Å². The topological polar surface area (TPSA) is 93.5 Å². The number of amides is 1. The van der Waals surface area contributed by atoms with Crippen molar-refractivity contribution in [2.75, 3.05) is 13.2 Å². The van der Waals surface area contributed by atoms with Gasteiger partial charge in [-0.05, 0) is 36.6 Å². The Balaban J connectivity index is 1.57. The van der Waals surface area contributed by atoms with Gasteiger partial charge in [0.05, 0.1) is 11.6 Å². The Morgan fingerprint density at radius 2 is 1.90 bits per heavy atom. The summed E-state index contributed by atoms with van der Waals surface area (Å²) < 4.78 is 7.25. The molecule has 0 aliphatic carbocycles. The van der Waals surface area contributed by atoms with E-state index in [4.69, 9.17) is 4.74 Å². The molecule has 0 fully saturated rings. The molecule has 1 unspecified atom stereocenters. The van der Waals surface area contributed by atoms with Crippen molar-refractivity contribution in [3.05, 3.63) is 59.4 Å². The predicted molar refractivity (Wildman–Crippen MR) is 110 cm³/mol. The van der Waals surface area contributed by atoms with Gasteiger partial charge in [0.25, 0.3) is 5.91 Å². The van der Waals surface area contributed by atoms with Crippen LogP contribution in [-0.2, 0) is 23.1 Å². The van der Waals surface area contributed by atoms with Gasteiger partial charge < -0.3 is 15.2 Å². The fraction of sp³-hybridized carbons (Fsp3) is 0.318. The van der Waals surface area contributed by atoms with E-state index in [-0.39, 0.29) is 19.1 Å². The first kappa shape index (κ1) is 20.4. The molecule has 3 aromatic rings. The summed E-state index contributed by atoms with van der Waals surface area (Å²) in [5, 5.41) is 18.6. The summed E-state index contributed by atoms with van der Waals surface area (Å²) >= 11 is 0. The van der Waals surface area contributed by atoms with Gasteiger partial charge in [-0.2, -0.15) is 5.10 Å². The van der Waals surface area contributed by atoms with Gasteiger partial charge in [0.15, 0.2) is 12.4 Å². The van der Waals surface area contributed by atoms with Gasteiger partial charge in [0, 0.05) is 13.6 Å². The van der Waals surface area contributed by atoms with Gasteiger partial charge in [-0.3, -0.25) is 14.3 Å². The molecule has 7 nitrogen and oxygen atoms in total. The number of nitrogens with one attached hydrogen (secondary N) is 1. The molecule has 1 heterocycles. The number of carboxylic acid groups (broad SMARTS) is 1. The van der Waals surface area contributed by atoms with Crippen LogP contribution in [0.15, 0.2) is 42.5 Å². The Bertz CT molecular complexity index is 1040. The molecule has 1 aromatic heterocycles. The van der Waals surface area contributed by atoms with E-state index >= 15 is 0 Å². The van der Waals surface area contributed by atoms with Crippen LogP contribution < -0.4 is 10.1 Å². The minimum absolute atomic E-state index is 0.0371. The monoisotopic (exact) mass is 395 g/mol. The van der Waals surface area contributed by atoms with Crippen LogP contribution in [0.5, 0.6) is 5.75 Å². The smallest absolute Gasteiger partial charge is 0.308 e. The number of benzene rings is 2. The molecule has 0 spiro atoms. The lowest BCUT2D eigenvalue weighted by Gasteiger charge is -2.14. The number of aliphatic carboxylic acids is 1. The van der Waals surface area contributed by atoms with Crippen molar-refractivity contribution in [1.82, 2.24) is 15.1 Å². The lowest BCUT2D eigenvalue weighted by molar-refractivity contribution is -0.141. The van der Waals surface area contributed by atoms with Crippen LogP contribution in [0.4, 0.5) is 0 Å². The molecule has 0 saturated carbocycles. The minimum Gasteiger partial charge on any atom is -0.481 e. The van der Waals surface area contributed by atoms with Crippen molar-refractivity contribution in [3.8, 4) is 5.75 Å². The minimum atomic E-state index is -0.946. The molecule has 2 aromatic carbocycles. The standard InChI is InChI=1S/C22H25N3O4/c1-14-21(15(2)25(3)24-14)29-13-20(26)23-12-19(22(27)28)11-16-8-9-17-6-4-5-7-18(17)10-16/h4-10,19H,11-13H2,1-3H3,(H,23,26)(H,27,28). The van der Waals surface area contributed by atoms with Crippen LogP contribution >= 0.6 is 0 Å². The molecular weight excluding hydrogens is 370 g/mol. The van der Waals surface area contributed by atoms with E-state index in [2.05, 4.69) is 10.4 Å². The van der Waals surface area contributed by atoms with Crippen LogP contribution in [0.25, 0.3) is 10.8 Å². The van der Waals surface area contributed by atoms with Gasteiger partial charge in [-0.1, -0.05) is 42.5 Å². The summed E-state index contributed by atoms with van der Waals surface area (Å²) in [7, 11) is 1.81. The molecule has 1 atom stereocenters. The van der Waals surface area contributed by atoms with Crippen LogP contribution in [0.2, 0.25) is 0 Å². The van der Waals surface area contributed by atoms with Crippen molar-refractivity contribution < 1.29 is 19.4 Å². The maximum absolute atomic E-state index is 12.1. The summed E-state index contributed by atoms with van der Waals surface area (Å²) in [4.78, 5) is 23.8. The fourth-order valence-electron chi connectivity index (χ4n) is 3.29. The average molecular weight is 395 g/mol. The normalized spacial score (nSPS) is 12.0. The zero-order valence-electron chi connectivity index (χ0n) is 16.8. The summed E-state index contributed by atoms with van der Waals surface area (Å²) in [6.07, 6.45) is 0.335. The number of nitrogens with zero attached hydrogens (tertiary/aromatic N) is 2. The van der Waals surface area contributed by atoms with Gasteiger partial charge in [-0.15, -0.1) is 0 Å². The van der Waals surface area contributed by atoms with E-state index in [1.54, 1.807) is 11.7 Å². The second-order valence-electron chi connectivity index (χ2n) is 7.14. The lowest BCUT2D eigenvalue weighted by atomic mass is 9.97. The number of carboxylic acids is 1. The highest BCUT2D eigenvalue weighted by atomic mass is 16.5. The molecular formula is C22H25N3O4. The highest BCUT2D eigenvalue weighted by Crippen LogP contribution is 2.21. The number of aryl methyl sites for hydroxylation is 2. The summed E-state index contributed by atoms with van der Waals surface area (Å²) in [5.74, 6) is -1.45. The molecule has 29 heavy (non-hydrogen) atoms. The van der Waals surface area contributed by atoms with Crippen molar-refractivity contribution in [2.24, 2.45) is 13.0 Å². The molecule has 0 aliphatic heterocycles. The van der Waals surface area contributed by atoms with E-state index in [1.165, 1.54) is 0 Å². The van der Waals surface area contributed by atoms with E-state index in [0.717, 1.165) is 22.0 Å². The third-order valence-corrected chi connectivity index (χ3v) is 4.98. The molecule has 0 saturated heterocycles. The third kappa shape index (κ3) is 4.93. The average Bonchev–Trinajstić information content (AvgIpc) is 2.94. The second kappa shape index (κ2) is 8.77. The maximum atomic E-state index is 12.1. The highest BCUT2D eigenvalue weighted by Gasteiger charge is 2.20. The number of rotatable bonds is 8. The first-order valence-electron chi connectivity index (χ1n) is 9.45. The molecule has 0 aliphatic rings.